The third-order valence-electron chi connectivity index (χ3n) is 2.18. The van der Waals surface area contributed by atoms with Gasteiger partial charge in [-0.05, 0) is 26.8 Å². The second-order valence-electron chi connectivity index (χ2n) is 5.17. The molecule has 0 aliphatic carbocycles. The van der Waals surface area contributed by atoms with Crippen LogP contribution in [0.3, 0.4) is 0 Å². The van der Waals surface area contributed by atoms with E-state index in [4.69, 9.17) is 9.84 Å². The molecule has 0 aliphatic heterocycles. The molecule has 1 aromatic carbocycles. The molecule has 0 atom stereocenters. The van der Waals surface area contributed by atoms with E-state index < -0.39 is 18.3 Å². The molecule has 1 amide bonds. The summed E-state index contributed by atoms with van der Waals surface area (Å²) in [6, 6.07) is 7.35. The predicted molar refractivity (Wildman–Crippen MR) is 70.9 cm³/mol. The second-order valence-corrected chi connectivity index (χ2v) is 5.17. The molecular formula is C14H19NO4. The van der Waals surface area contributed by atoms with E-state index >= 15 is 0 Å². The summed E-state index contributed by atoms with van der Waals surface area (Å²) >= 11 is 0. The molecule has 0 aliphatic rings. The first-order valence-corrected chi connectivity index (χ1v) is 6.03. The Kier molecular flexibility index (Phi) is 4.92. The van der Waals surface area contributed by atoms with Crippen molar-refractivity contribution in [1.29, 1.82) is 0 Å². The second kappa shape index (κ2) is 6.22. The van der Waals surface area contributed by atoms with Crippen molar-refractivity contribution in [3.8, 4) is 5.75 Å². The molecule has 104 valence electrons. The molecular weight excluding hydrogens is 246 g/mol. The standard InChI is InChI=1S/C14H19NO4/c1-14(2,3)19-11-7-5-4-6-10(11)9-15-12(16)8-13(17)18/h4-7H,8-9H2,1-3H3,(H,15,16)(H,17,18). The Morgan fingerprint density at radius 1 is 1.26 bits per heavy atom. The van der Waals surface area contributed by atoms with Crippen molar-refractivity contribution < 1.29 is 19.4 Å². The number of rotatable bonds is 5. The van der Waals surface area contributed by atoms with Crippen molar-refractivity contribution in [2.75, 3.05) is 0 Å². The Labute approximate surface area is 112 Å². The molecule has 0 spiro atoms. The lowest BCUT2D eigenvalue weighted by Crippen LogP contribution is -2.27. The molecule has 0 heterocycles. The Balaban J connectivity index is 2.68. The molecule has 0 unspecified atom stereocenters. The molecule has 0 fully saturated rings. The average molecular weight is 265 g/mol. The third-order valence-corrected chi connectivity index (χ3v) is 2.18. The number of hydrogen-bond acceptors (Lipinski definition) is 3. The van der Waals surface area contributed by atoms with Crippen molar-refractivity contribution in [2.24, 2.45) is 0 Å². The Morgan fingerprint density at radius 2 is 1.89 bits per heavy atom. The van der Waals surface area contributed by atoms with Crippen molar-refractivity contribution in [1.82, 2.24) is 5.32 Å². The van der Waals surface area contributed by atoms with Crippen LogP contribution < -0.4 is 10.1 Å². The van der Waals surface area contributed by atoms with Crippen LogP contribution in [0.4, 0.5) is 0 Å². The number of benzene rings is 1. The lowest BCUT2D eigenvalue weighted by Gasteiger charge is -2.23. The molecule has 5 heteroatoms. The van der Waals surface area contributed by atoms with Crippen LogP contribution in [0.25, 0.3) is 0 Å². The largest absolute Gasteiger partial charge is 0.488 e. The molecule has 1 aromatic rings. The number of hydrogen-bond donors (Lipinski definition) is 2. The van der Waals surface area contributed by atoms with Gasteiger partial charge >= 0.3 is 5.97 Å². The predicted octanol–water partition coefficient (Wildman–Crippen LogP) is 1.95. The lowest BCUT2D eigenvalue weighted by atomic mass is 10.1. The molecule has 0 aromatic heterocycles. The van der Waals surface area contributed by atoms with E-state index in [1.165, 1.54) is 0 Å². The zero-order chi connectivity index (χ0) is 14.5. The van der Waals surface area contributed by atoms with Crippen molar-refractivity contribution in [3.63, 3.8) is 0 Å². The van der Waals surface area contributed by atoms with Crippen LogP contribution in [-0.2, 0) is 16.1 Å². The van der Waals surface area contributed by atoms with Gasteiger partial charge in [0.15, 0.2) is 0 Å². The summed E-state index contributed by atoms with van der Waals surface area (Å²) in [5.41, 5.74) is 0.484. The van der Waals surface area contributed by atoms with E-state index in [1.54, 1.807) is 0 Å². The summed E-state index contributed by atoms with van der Waals surface area (Å²) in [5.74, 6) is -0.972. The van der Waals surface area contributed by atoms with E-state index in [9.17, 15) is 9.59 Å². The molecule has 1 rings (SSSR count). The molecule has 0 saturated heterocycles. The number of carbonyl (C=O) groups is 2. The van der Waals surface area contributed by atoms with Gasteiger partial charge in [-0.1, -0.05) is 18.2 Å². The first-order chi connectivity index (χ1) is 8.78. The van der Waals surface area contributed by atoms with Crippen LogP contribution in [0.15, 0.2) is 24.3 Å². The monoisotopic (exact) mass is 265 g/mol. The zero-order valence-electron chi connectivity index (χ0n) is 11.4. The minimum Gasteiger partial charge on any atom is -0.488 e. The maximum atomic E-state index is 11.3. The van der Waals surface area contributed by atoms with Gasteiger partial charge in [0.1, 0.15) is 17.8 Å². The van der Waals surface area contributed by atoms with E-state index in [1.807, 2.05) is 45.0 Å². The number of aliphatic carboxylic acids is 1. The van der Waals surface area contributed by atoms with Gasteiger partial charge in [-0.2, -0.15) is 0 Å². The fourth-order valence-corrected chi connectivity index (χ4v) is 1.47. The van der Waals surface area contributed by atoms with Crippen LogP contribution in [0.1, 0.15) is 32.8 Å². The number of nitrogens with one attached hydrogen (secondary N) is 1. The number of para-hydroxylation sites is 1. The lowest BCUT2D eigenvalue weighted by molar-refractivity contribution is -0.140. The first-order valence-electron chi connectivity index (χ1n) is 6.03. The highest BCUT2D eigenvalue weighted by Gasteiger charge is 2.15. The van der Waals surface area contributed by atoms with Crippen LogP contribution in [0, 0.1) is 0 Å². The summed E-state index contributed by atoms with van der Waals surface area (Å²) in [7, 11) is 0. The molecule has 19 heavy (non-hydrogen) atoms. The Hall–Kier alpha value is -2.04. The summed E-state index contributed by atoms with van der Waals surface area (Å²) in [6.07, 6.45) is -0.526. The van der Waals surface area contributed by atoms with Gasteiger partial charge in [0.05, 0.1) is 0 Å². The minimum atomic E-state index is -1.14. The smallest absolute Gasteiger partial charge is 0.312 e. The summed E-state index contributed by atoms with van der Waals surface area (Å²) < 4.78 is 5.78. The first kappa shape index (κ1) is 15.0. The molecule has 0 saturated carbocycles. The van der Waals surface area contributed by atoms with E-state index in [-0.39, 0.29) is 12.1 Å². The maximum Gasteiger partial charge on any atom is 0.312 e. The van der Waals surface area contributed by atoms with Crippen molar-refractivity contribution in [2.45, 2.75) is 39.3 Å². The fraction of sp³-hybridized carbons (Fsp3) is 0.429. The van der Waals surface area contributed by atoms with Crippen molar-refractivity contribution >= 4 is 11.9 Å². The van der Waals surface area contributed by atoms with Crippen molar-refractivity contribution in [3.05, 3.63) is 29.8 Å². The Bertz CT molecular complexity index is 463. The third kappa shape index (κ3) is 5.90. The van der Waals surface area contributed by atoms with Crippen LogP contribution in [-0.4, -0.2) is 22.6 Å². The summed E-state index contributed by atoms with van der Waals surface area (Å²) in [6.45, 7) is 6.06. The van der Waals surface area contributed by atoms with Crippen LogP contribution >= 0.6 is 0 Å². The zero-order valence-corrected chi connectivity index (χ0v) is 11.4. The highest BCUT2D eigenvalue weighted by molar-refractivity contribution is 5.93. The van der Waals surface area contributed by atoms with Gasteiger partial charge in [0.2, 0.25) is 5.91 Å². The van der Waals surface area contributed by atoms with E-state index in [2.05, 4.69) is 5.32 Å². The van der Waals surface area contributed by atoms with Gasteiger partial charge < -0.3 is 15.2 Å². The normalized spacial score (nSPS) is 10.9. The van der Waals surface area contributed by atoms with Gasteiger partial charge in [-0.25, -0.2) is 0 Å². The minimum absolute atomic E-state index is 0.248. The number of carboxylic acid groups (broad SMARTS) is 1. The number of carbonyl (C=O) groups excluding carboxylic acids is 1. The fourth-order valence-electron chi connectivity index (χ4n) is 1.47. The van der Waals surface area contributed by atoms with Gasteiger partial charge in [0.25, 0.3) is 0 Å². The van der Waals surface area contributed by atoms with Gasteiger partial charge in [-0.15, -0.1) is 0 Å². The quantitative estimate of drug-likeness (QED) is 0.798. The maximum absolute atomic E-state index is 11.3. The van der Waals surface area contributed by atoms with E-state index in [0.29, 0.717) is 5.75 Å². The average Bonchev–Trinajstić information content (AvgIpc) is 2.25. The number of ether oxygens (including phenoxy) is 1. The van der Waals surface area contributed by atoms with Crippen LogP contribution in [0.5, 0.6) is 5.75 Å². The van der Waals surface area contributed by atoms with E-state index in [0.717, 1.165) is 5.56 Å². The topological polar surface area (TPSA) is 75.6 Å². The van der Waals surface area contributed by atoms with Gasteiger partial charge in [0, 0.05) is 12.1 Å². The number of amides is 1. The van der Waals surface area contributed by atoms with Gasteiger partial charge in [-0.3, -0.25) is 9.59 Å². The van der Waals surface area contributed by atoms with Crippen LogP contribution in [0.2, 0.25) is 0 Å². The SMILES string of the molecule is CC(C)(C)Oc1ccccc1CNC(=O)CC(=O)O. The molecule has 2 N–H and O–H groups in total. The molecule has 0 bridgehead atoms. The molecule has 5 nitrogen and oxygen atoms in total. The highest BCUT2D eigenvalue weighted by atomic mass is 16.5. The highest BCUT2D eigenvalue weighted by Crippen LogP contribution is 2.22. The summed E-state index contributed by atoms with van der Waals surface area (Å²) in [5, 5.41) is 11.1. The molecule has 0 radical (unpaired) electrons. The summed E-state index contributed by atoms with van der Waals surface area (Å²) in [4.78, 5) is 21.7. The number of carboxylic acids is 1. The Morgan fingerprint density at radius 3 is 2.47 bits per heavy atom.